The molecule has 3 nitrogen and oxygen atoms in total. The summed E-state index contributed by atoms with van der Waals surface area (Å²) in [6.07, 6.45) is 0. The third-order valence-corrected chi connectivity index (χ3v) is 3.43. The molecule has 84 valence electrons. The molecular formula is C10H9ClN2OS2. The molecule has 0 saturated carbocycles. The standard InChI is InChI=1S/C10H9ClN2OS2/c11-9-12-10(13-16-9)15-7-6-14-8-4-2-1-3-5-8/h1-5H,6-7H2. The molecule has 0 aliphatic heterocycles. The number of hydrogen-bond donors (Lipinski definition) is 0. The van der Waals surface area contributed by atoms with E-state index in [4.69, 9.17) is 16.3 Å². The topological polar surface area (TPSA) is 35.0 Å². The van der Waals surface area contributed by atoms with Crippen molar-refractivity contribution in [3.8, 4) is 5.75 Å². The van der Waals surface area contributed by atoms with E-state index >= 15 is 0 Å². The Bertz CT molecular complexity index is 435. The van der Waals surface area contributed by atoms with Crippen LogP contribution in [0.2, 0.25) is 4.47 Å². The Labute approximate surface area is 107 Å². The van der Waals surface area contributed by atoms with E-state index in [2.05, 4.69) is 9.36 Å². The number of halogens is 1. The fourth-order valence-electron chi connectivity index (χ4n) is 1.06. The van der Waals surface area contributed by atoms with Crippen LogP contribution >= 0.6 is 34.9 Å². The van der Waals surface area contributed by atoms with Crippen molar-refractivity contribution in [3.05, 3.63) is 34.8 Å². The highest BCUT2D eigenvalue weighted by atomic mass is 35.5. The van der Waals surface area contributed by atoms with E-state index in [1.807, 2.05) is 30.3 Å². The van der Waals surface area contributed by atoms with Crippen molar-refractivity contribution in [1.29, 1.82) is 0 Å². The zero-order valence-corrected chi connectivity index (χ0v) is 10.7. The summed E-state index contributed by atoms with van der Waals surface area (Å²) in [5.41, 5.74) is 0. The van der Waals surface area contributed by atoms with Crippen molar-refractivity contribution >= 4 is 34.9 Å². The largest absolute Gasteiger partial charge is 0.493 e. The van der Waals surface area contributed by atoms with E-state index in [0.717, 1.165) is 11.5 Å². The molecule has 0 spiro atoms. The summed E-state index contributed by atoms with van der Waals surface area (Å²) in [7, 11) is 0. The van der Waals surface area contributed by atoms with E-state index < -0.39 is 0 Å². The molecule has 2 rings (SSSR count). The minimum Gasteiger partial charge on any atom is -0.493 e. The average molecular weight is 273 g/mol. The maximum Gasteiger partial charge on any atom is 0.204 e. The fourth-order valence-corrected chi connectivity index (χ4v) is 2.50. The van der Waals surface area contributed by atoms with Gasteiger partial charge in [-0.25, -0.2) is 0 Å². The molecule has 1 aromatic carbocycles. The number of thioether (sulfide) groups is 1. The first-order chi connectivity index (χ1) is 7.84. The lowest BCUT2D eigenvalue weighted by molar-refractivity contribution is 0.344. The Morgan fingerprint density at radius 1 is 1.31 bits per heavy atom. The van der Waals surface area contributed by atoms with E-state index in [9.17, 15) is 0 Å². The van der Waals surface area contributed by atoms with Gasteiger partial charge in [0.25, 0.3) is 0 Å². The lowest BCUT2D eigenvalue weighted by Gasteiger charge is -2.03. The van der Waals surface area contributed by atoms with E-state index in [0.29, 0.717) is 16.2 Å². The maximum atomic E-state index is 5.67. The van der Waals surface area contributed by atoms with Crippen molar-refractivity contribution in [2.45, 2.75) is 5.16 Å². The zero-order chi connectivity index (χ0) is 11.2. The summed E-state index contributed by atoms with van der Waals surface area (Å²) in [4.78, 5) is 4.04. The summed E-state index contributed by atoms with van der Waals surface area (Å²) in [6.45, 7) is 0.630. The highest BCUT2D eigenvalue weighted by Crippen LogP contribution is 2.19. The maximum absolute atomic E-state index is 5.67. The predicted octanol–water partition coefficient (Wildman–Crippen LogP) is 3.36. The van der Waals surface area contributed by atoms with Crippen LogP contribution in [-0.2, 0) is 0 Å². The van der Waals surface area contributed by atoms with Crippen molar-refractivity contribution in [3.63, 3.8) is 0 Å². The molecule has 0 N–H and O–H groups in total. The number of para-hydroxylation sites is 1. The minimum atomic E-state index is 0.478. The van der Waals surface area contributed by atoms with Crippen molar-refractivity contribution < 1.29 is 4.74 Å². The average Bonchev–Trinajstić information content (AvgIpc) is 2.72. The highest BCUT2D eigenvalue weighted by molar-refractivity contribution is 7.99. The zero-order valence-electron chi connectivity index (χ0n) is 8.30. The molecule has 16 heavy (non-hydrogen) atoms. The number of hydrogen-bond acceptors (Lipinski definition) is 5. The minimum absolute atomic E-state index is 0.478. The smallest absolute Gasteiger partial charge is 0.204 e. The first-order valence-electron chi connectivity index (χ1n) is 4.64. The second-order valence-corrected chi connectivity index (χ2v) is 5.24. The number of nitrogens with zero attached hydrogens (tertiary/aromatic N) is 2. The molecule has 0 atom stereocenters. The van der Waals surface area contributed by atoms with Gasteiger partial charge in [-0.2, -0.15) is 9.36 Å². The van der Waals surface area contributed by atoms with E-state index in [1.165, 1.54) is 23.3 Å². The fraction of sp³-hybridized carbons (Fsp3) is 0.200. The predicted molar refractivity (Wildman–Crippen MR) is 67.6 cm³/mol. The molecule has 0 unspecified atom stereocenters. The molecule has 0 radical (unpaired) electrons. The van der Waals surface area contributed by atoms with Crippen LogP contribution in [0.1, 0.15) is 0 Å². The first kappa shape index (κ1) is 11.7. The summed E-state index contributed by atoms with van der Waals surface area (Å²) in [5, 5.41) is 0.715. The Balaban J connectivity index is 1.69. The van der Waals surface area contributed by atoms with Crippen LogP contribution in [0.5, 0.6) is 5.75 Å². The van der Waals surface area contributed by atoms with Crippen LogP contribution in [0.25, 0.3) is 0 Å². The molecule has 6 heteroatoms. The molecule has 1 heterocycles. The number of ether oxygens (including phenoxy) is 1. The summed E-state index contributed by atoms with van der Waals surface area (Å²) >= 11 is 8.41. The van der Waals surface area contributed by atoms with Gasteiger partial charge >= 0.3 is 0 Å². The molecule has 1 aromatic heterocycles. The Morgan fingerprint density at radius 3 is 2.81 bits per heavy atom. The second-order valence-electron chi connectivity index (χ2n) is 2.84. The first-order valence-corrected chi connectivity index (χ1v) is 6.78. The van der Waals surface area contributed by atoms with Crippen LogP contribution < -0.4 is 4.74 Å². The third-order valence-electron chi connectivity index (χ3n) is 1.71. The lowest BCUT2D eigenvalue weighted by atomic mass is 10.3. The van der Waals surface area contributed by atoms with Gasteiger partial charge in [0, 0.05) is 5.75 Å². The van der Waals surface area contributed by atoms with Gasteiger partial charge in [-0.05, 0) is 35.3 Å². The van der Waals surface area contributed by atoms with Crippen molar-refractivity contribution in [2.75, 3.05) is 12.4 Å². The second kappa shape index (κ2) is 6.08. The molecule has 0 saturated heterocycles. The van der Waals surface area contributed by atoms with Crippen LogP contribution in [-0.4, -0.2) is 21.7 Å². The van der Waals surface area contributed by atoms with Crippen LogP contribution in [0.3, 0.4) is 0 Å². The molecule has 2 aromatic rings. The van der Waals surface area contributed by atoms with Crippen LogP contribution in [0.4, 0.5) is 0 Å². The summed E-state index contributed by atoms with van der Waals surface area (Å²) in [5.74, 6) is 1.69. The van der Waals surface area contributed by atoms with Crippen LogP contribution in [0.15, 0.2) is 35.5 Å². The summed E-state index contributed by atoms with van der Waals surface area (Å²) in [6, 6.07) is 9.72. The van der Waals surface area contributed by atoms with Gasteiger partial charge in [-0.1, -0.05) is 30.0 Å². The molecule has 0 aliphatic carbocycles. The number of aromatic nitrogens is 2. The van der Waals surface area contributed by atoms with Gasteiger partial charge in [0.2, 0.25) is 9.62 Å². The van der Waals surface area contributed by atoms with Gasteiger partial charge < -0.3 is 4.74 Å². The number of rotatable bonds is 5. The summed E-state index contributed by atoms with van der Waals surface area (Å²) < 4.78 is 10.1. The SMILES string of the molecule is Clc1nc(SCCOc2ccccc2)ns1. The molecule has 0 bridgehead atoms. The van der Waals surface area contributed by atoms with Gasteiger partial charge in [-0.3, -0.25) is 0 Å². The molecule has 0 amide bonds. The third kappa shape index (κ3) is 3.66. The van der Waals surface area contributed by atoms with Crippen molar-refractivity contribution in [1.82, 2.24) is 9.36 Å². The van der Waals surface area contributed by atoms with Gasteiger partial charge in [0.05, 0.1) is 6.61 Å². The highest BCUT2D eigenvalue weighted by Gasteiger charge is 2.01. The van der Waals surface area contributed by atoms with Crippen molar-refractivity contribution in [2.24, 2.45) is 0 Å². The van der Waals surface area contributed by atoms with E-state index in [-0.39, 0.29) is 0 Å². The van der Waals surface area contributed by atoms with Gasteiger partial charge in [0.15, 0.2) is 0 Å². The number of benzene rings is 1. The van der Waals surface area contributed by atoms with Crippen LogP contribution in [0, 0.1) is 0 Å². The Kier molecular flexibility index (Phi) is 4.44. The van der Waals surface area contributed by atoms with E-state index in [1.54, 1.807) is 0 Å². The molecule has 0 fully saturated rings. The van der Waals surface area contributed by atoms with Gasteiger partial charge in [-0.15, -0.1) is 0 Å². The normalized spacial score (nSPS) is 10.3. The lowest BCUT2D eigenvalue weighted by Crippen LogP contribution is -1.99. The molecular weight excluding hydrogens is 264 g/mol. The quantitative estimate of drug-likeness (QED) is 0.618. The molecule has 0 aliphatic rings. The monoisotopic (exact) mass is 272 g/mol. The Morgan fingerprint density at radius 2 is 2.12 bits per heavy atom. The van der Waals surface area contributed by atoms with Gasteiger partial charge in [0.1, 0.15) is 5.75 Å². The Hall–Kier alpha value is -0.780.